The molecule has 3 rings (SSSR count). The lowest BCUT2D eigenvalue weighted by Gasteiger charge is -2.33. The summed E-state index contributed by atoms with van der Waals surface area (Å²) in [7, 11) is 3.38. The van der Waals surface area contributed by atoms with Crippen molar-refractivity contribution in [1.82, 2.24) is 14.4 Å². The Morgan fingerprint density at radius 3 is 2.41 bits per heavy atom. The number of hydrogen-bond donors (Lipinski definition) is 1. The van der Waals surface area contributed by atoms with E-state index in [1.165, 1.54) is 0 Å². The number of nitrogens with zero attached hydrogens (tertiary/aromatic N) is 3. The molecule has 0 bridgehead atoms. The average molecular weight is 402 g/mol. The monoisotopic (exact) mass is 402 g/mol. The number of amides is 1. The molecule has 2 heterocycles. The van der Waals surface area contributed by atoms with Crippen molar-refractivity contribution in [3.8, 4) is 5.75 Å². The summed E-state index contributed by atoms with van der Waals surface area (Å²) in [4.78, 5) is 29.9. The van der Waals surface area contributed by atoms with E-state index in [4.69, 9.17) is 9.47 Å². The Morgan fingerprint density at radius 2 is 1.79 bits per heavy atom. The number of benzene rings is 1. The van der Waals surface area contributed by atoms with Crippen LogP contribution in [0, 0.1) is 0 Å². The Hall–Kier alpha value is -2.58. The van der Waals surface area contributed by atoms with E-state index in [1.807, 2.05) is 18.2 Å². The summed E-state index contributed by atoms with van der Waals surface area (Å²) in [6.07, 6.45) is 0. The van der Waals surface area contributed by atoms with Crippen LogP contribution < -0.4 is 10.1 Å². The van der Waals surface area contributed by atoms with Gasteiger partial charge in [0.05, 0.1) is 31.5 Å². The summed E-state index contributed by atoms with van der Waals surface area (Å²) in [5, 5.41) is 3.72. The number of aryl methyl sites for hydroxylation is 1. The Balaban J connectivity index is 1.87. The largest absolute Gasteiger partial charge is 0.497 e. The number of anilines is 1. The van der Waals surface area contributed by atoms with E-state index >= 15 is 0 Å². The number of nitrogens with one attached hydrogen (secondary N) is 1. The first-order chi connectivity index (χ1) is 14.0. The van der Waals surface area contributed by atoms with Gasteiger partial charge in [-0.05, 0) is 31.7 Å². The lowest BCUT2D eigenvalue weighted by molar-refractivity contribution is -0.117. The van der Waals surface area contributed by atoms with Gasteiger partial charge >= 0.3 is 5.97 Å². The fourth-order valence-electron chi connectivity index (χ4n) is 3.76. The van der Waals surface area contributed by atoms with Crippen molar-refractivity contribution < 1.29 is 19.1 Å². The van der Waals surface area contributed by atoms with E-state index in [0.717, 1.165) is 43.6 Å². The Morgan fingerprint density at radius 1 is 1.10 bits per heavy atom. The van der Waals surface area contributed by atoms with Crippen molar-refractivity contribution in [2.75, 3.05) is 58.3 Å². The summed E-state index contributed by atoms with van der Waals surface area (Å²) >= 11 is 0. The molecule has 0 radical (unpaired) electrons. The van der Waals surface area contributed by atoms with Crippen LogP contribution in [0.25, 0.3) is 10.9 Å². The maximum atomic E-state index is 12.8. The number of carbonyl (C=O) groups is 2. The van der Waals surface area contributed by atoms with Crippen LogP contribution in [0.5, 0.6) is 5.75 Å². The molecule has 1 N–H and O–H groups in total. The van der Waals surface area contributed by atoms with Crippen molar-refractivity contribution in [3.05, 3.63) is 23.9 Å². The van der Waals surface area contributed by atoms with Gasteiger partial charge < -0.3 is 24.3 Å². The van der Waals surface area contributed by atoms with Gasteiger partial charge in [-0.15, -0.1) is 0 Å². The molecular weight excluding hydrogens is 372 g/mol. The van der Waals surface area contributed by atoms with Crippen LogP contribution >= 0.6 is 0 Å². The van der Waals surface area contributed by atoms with Crippen LogP contribution in [-0.4, -0.2) is 79.2 Å². The van der Waals surface area contributed by atoms with Crippen LogP contribution in [0.2, 0.25) is 0 Å². The number of rotatable bonds is 7. The molecule has 8 heteroatoms. The molecule has 8 nitrogen and oxygen atoms in total. The van der Waals surface area contributed by atoms with E-state index in [9.17, 15) is 9.59 Å². The third kappa shape index (κ3) is 4.54. The van der Waals surface area contributed by atoms with Gasteiger partial charge in [0.2, 0.25) is 5.91 Å². The van der Waals surface area contributed by atoms with Crippen molar-refractivity contribution in [1.29, 1.82) is 0 Å². The standard InChI is InChI=1S/C21H30N4O4/c1-5-24-9-11-25(12-10-24)14-18(26)22-19-16-13-15(28-4)7-8-17(16)23(3)20(19)21(27)29-6-2/h7-8,13H,5-6,9-12,14H2,1-4H3,(H,22,26). The van der Waals surface area contributed by atoms with Gasteiger partial charge in [0, 0.05) is 38.6 Å². The molecule has 2 aromatic rings. The van der Waals surface area contributed by atoms with Gasteiger partial charge in [-0.25, -0.2) is 4.79 Å². The predicted molar refractivity (Wildman–Crippen MR) is 113 cm³/mol. The fourth-order valence-corrected chi connectivity index (χ4v) is 3.76. The molecule has 1 aromatic heterocycles. The lowest BCUT2D eigenvalue weighted by Crippen LogP contribution is -2.48. The van der Waals surface area contributed by atoms with Crippen molar-refractivity contribution in [3.63, 3.8) is 0 Å². The van der Waals surface area contributed by atoms with Gasteiger partial charge in [-0.3, -0.25) is 9.69 Å². The minimum Gasteiger partial charge on any atom is -0.497 e. The summed E-state index contributed by atoms with van der Waals surface area (Å²) in [5.41, 5.74) is 1.62. The highest BCUT2D eigenvalue weighted by atomic mass is 16.5. The first kappa shape index (κ1) is 21.1. The SMILES string of the molecule is CCOC(=O)c1c(NC(=O)CN2CCN(CC)CC2)c2cc(OC)ccc2n1C. The topological polar surface area (TPSA) is 76.0 Å². The highest BCUT2D eigenvalue weighted by Gasteiger charge is 2.25. The molecule has 29 heavy (non-hydrogen) atoms. The van der Waals surface area contributed by atoms with E-state index in [2.05, 4.69) is 22.0 Å². The normalized spacial score (nSPS) is 15.4. The number of fused-ring (bicyclic) bond motifs is 1. The second kappa shape index (κ2) is 9.28. The van der Waals surface area contributed by atoms with Crippen molar-refractivity contribution in [2.24, 2.45) is 7.05 Å². The van der Waals surface area contributed by atoms with Crippen LogP contribution in [0.3, 0.4) is 0 Å². The molecule has 1 aliphatic heterocycles. The molecule has 1 fully saturated rings. The van der Waals surface area contributed by atoms with Gasteiger partial charge in [-0.1, -0.05) is 6.92 Å². The molecule has 0 spiro atoms. The zero-order valence-electron chi connectivity index (χ0n) is 17.7. The first-order valence-electron chi connectivity index (χ1n) is 10.1. The van der Waals surface area contributed by atoms with E-state index < -0.39 is 5.97 Å². The molecule has 0 saturated carbocycles. The smallest absolute Gasteiger partial charge is 0.357 e. The van der Waals surface area contributed by atoms with E-state index in [0.29, 0.717) is 23.7 Å². The summed E-state index contributed by atoms with van der Waals surface area (Å²) in [6.45, 7) is 9.13. The zero-order valence-corrected chi connectivity index (χ0v) is 17.7. The van der Waals surface area contributed by atoms with Gasteiger partial charge in [-0.2, -0.15) is 0 Å². The number of esters is 1. The summed E-state index contributed by atoms with van der Waals surface area (Å²) in [5.74, 6) is 0.0533. The summed E-state index contributed by atoms with van der Waals surface area (Å²) in [6, 6.07) is 5.53. The summed E-state index contributed by atoms with van der Waals surface area (Å²) < 4.78 is 12.3. The number of carbonyl (C=O) groups excluding carboxylic acids is 2. The third-order valence-corrected chi connectivity index (χ3v) is 5.42. The highest BCUT2D eigenvalue weighted by Crippen LogP contribution is 2.33. The molecule has 1 aromatic carbocycles. The average Bonchev–Trinajstić information content (AvgIpc) is 2.99. The van der Waals surface area contributed by atoms with Crippen LogP contribution in [0.15, 0.2) is 18.2 Å². The van der Waals surface area contributed by atoms with Crippen LogP contribution in [-0.2, 0) is 16.6 Å². The highest BCUT2D eigenvalue weighted by molar-refractivity contribution is 6.12. The van der Waals surface area contributed by atoms with E-state index in [1.54, 1.807) is 25.6 Å². The zero-order chi connectivity index (χ0) is 21.0. The number of piperazine rings is 1. The van der Waals surface area contributed by atoms with E-state index in [-0.39, 0.29) is 12.5 Å². The number of ether oxygens (including phenoxy) is 2. The molecule has 0 atom stereocenters. The second-order valence-electron chi connectivity index (χ2n) is 7.14. The number of likely N-dealkylation sites (N-methyl/N-ethyl adjacent to an activating group) is 1. The Kier molecular flexibility index (Phi) is 6.76. The lowest BCUT2D eigenvalue weighted by atomic mass is 10.2. The van der Waals surface area contributed by atoms with Crippen LogP contribution in [0.4, 0.5) is 5.69 Å². The Labute approximate surface area is 171 Å². The fraction of sp³-hybridized carbons (Fsp3) is 0.524. The number of methoxy groups -OCH3 is 1. The van der Waals surface area contributed by atoms with Crippen molar-refractivity contribution >= 4 is 28.5 Å². The molecule has 0 unspecified atom stereocenters. The maximum Gasteiger partial charge on any atom is 0.357 e. The molecule has 0 aliphatic carbocycles. The number of hydrogen-bond acceptors (Lipinski definition) is 6. The second-order valence-corrected chi connectivity index (χ2v) is 7.14. The Bertz CT molecular complexity index is 884. The third-order valence-electron chi connectivity index (χ3n) is 5.42. The van der Waals surface area contributed by atoms with Gasteiger partial charge in [0.15, 0.2) is 5.69 Å². The molecule has 1 saturated heterocycles. The minimum absolute atomic E-state index is 0.143. The predicted octanol–water partition coefficient (Wildman–Crippen LogP) is 1.94. The van der Waals surface area contributed by atoms with Crippen molar-refractivity contribution in [2.45, 2.75) is 13.8 Å². The van der Waals surface area contributed by atoms with Gasteiger partial charge in [0.25, 0.3) is 0 Å². The number of aromatic nitrogens is 1. The van der Waals surface area contributed by atoms with Crippen LogP contribution in [0.1, 0.15) is 24.3 Å². The minimum atomic E-state index is -0.461. The molecule has 158 valence electrons. The molecular formula is C21H30N4O4. The molecule has 1 amide bonds. The first-order valence-corrected chi connectivity index (χ1v) is 10.1. The maximum absolute atomic E-state index is 12.8. The molecule has 1 aliphatic rings. The van der Waals surface area contributed by atoms with Gasteiger partial charge in [0.1, 0.15) is 5.75 Å². The quantitative estimate of drug-likeness (QED) is 0.714.